The number of carbonyl (C=O) groups excluding carboxylic acids is 2. The minimum atomic E-state index is -0.163. The van der Waals surface area contributed by atoms with Crippen molar-refractivity contribution in [3.63, 3.8) is 0 Å². The first-order valence-electron chi connectivity index (χ1n) is 7.48. The van der Waals surface area contributed by atoms with Crippen molar-refractivity contribution in [2.24, 2.45) is 0 Å². The van der Waals surface area contributed by atoms with Crippen LogP contribution in [0.4, 0.5) is 0 Å². The summed E-state index contributed by atoms with van der Waals surface area (Å²) < 4.78 is 4.11. The molecule has 4 aromatic rings. The van der Waals surface area contributed by atoms with Crippen LogP contribution in [0.1, 0.15) is 25.2 Å². The summed E-state index contributed by atoms with van der Waals surface area (Å²) in [6.07, 6.45) is 5.39. The molecule has 0 atom stereocenters. The number of thiophene rings is 1. The quantitative estimate of drug-likeness (QED) is 0.290. The number of nitrogens with zero attached hydrogens (tertiary/aromatic N) is 3. The Labute approximate surface area is 152 Å². The van der Waals surface area contributed by atoms with Gasteiger partial charge in [0.15, 0.2) is 0 Å². The summed E-state index contributed by atoms with van der Waals surface area (Å²) in [5.74, 6) is -0.327. The van der Waals surface area contributed by atoms with E-state index in [1.807, 2.05) is 35.0 Å². The third-order valence-corrected chi connectivity index (χ3v) is 7.05. The van der Waals surface area contributed by atoms with Gasteiger partial charge >= 0.3 is 152 Å². The van der Waals surface area contributed by atoms with Gasteiger partial charge in [0.25, 0.3) is 0 Å². The van der Waals surface area contributed by atoms with Gasteiger partial charge in [-0.15, -0.1) is 0 Å². The maximum absolute atomic E-state index is 12.4. The van der Waals surface area contributed by atoms with Crippen molar-refractivity contribution in [2.75, 3.05) is 0 Å². The van der Waals surface area contributed by atoms with Crippen LogP contribution < -0.4 is 0 Å². The van der Waals surface area contributed by atoms with Crippen molar-refractivity contribution in [1.29, 1.82) is 0 Å². The van der Waals surface area contributed by atoms with Crippen LogP contribution in [-0.4, -0.2) is 40.8 Å². The first-order chi connectivity index (χ1) is 12.2. The number of carbonyl (C=O) groups is 2. The molecule has 0 aliphatic heterocycles. The van der Waals surface area contributed by atoms with E-state index in [4.69, 9.17) is 0 Å². The molecule has 0 spiro atoms. The number of fused-ring (bicyclic) bond motifs is 2. The van der Waals surface area contributed by atoms with Gasteiger partial charge in [0.2, 0.25) is 0 Å². The molecule has 1 aliphatic carbocycles. The molecular formula is C18H9N3O2SSe. The number of aromatic nitrogens is 3. The predicted octanol–water partition coefficient (Wildman–Crippen LogP) is 3.00. The zero-order valence-corrected chi connectivity index (χ0v) is 15.2. The van der Waals surface area contributed by atoms with Gasteiger partial charge in [0.05, 0.1) is 0 Å². The van der Waals surface area contributed by atoms with E-state index in [9.17, 15) is 9.59 Å². The average Bonchev–Trinajstić information content (AvgIpc) is 3.38. The Hall–Kier alpha value is -2.60. The molecular weight excluding hydrogens is 401 g/mol. The van der Waals surface area contributed by atoms with Crippen molar-refractivity contribution >= 4 is 54.5 Å². The van der Waals surface area contributed by atoms with Crippen LogP contribution in [0.25, 0.3) is 21.7 Å². The summed E-state index contributed by atoms with van der Waals surface area (Å²) in [7, 11) is 0. The SMILES string of the molecule is O=C1C(=Cc2ccc(-n3ccc4ccnnc43)[se]2)C(=O)c2cscc21. The Morgan fingerprint density at radius 3 is 2.64 bits per heavy atom. The molecule has 4 heterocycles. The average molecular weight is 410 g/mol. The Kier molecular flexibility index (Phi) is 3.21. The molecule has 0 amide bonds. The van der Waals surface area contributed by atoms with Crippen LogP contribution in [0.15, 0.2) is 53.0 Å². The second-order valence-electron chi connectivity index (χ2n) is 5.59. The monoisotopic (exact) mass is 411 g/mol. The van der Waals surface area contributed by atoms with Crippen molar-refractivity contribution in [3.05, 3.63) is 68.6 Å². The molecule has 5 nitrogen and oxygen atoms in total. The molecule has 0 saturated carbocycles. The van der Waals surface area contributed by atoms with Crippen LogP contribution in [0.3, 0.4) is 0 Å². The molecule has 7 heteroatoms. The van der Waals surface area contributed by atoms with Crippen molar-refractivity contribution in [3.8, 4) is 4.56 Å². The van der Waals surface area contributed by atoms with Crippen LogP contribution in [0, 0.1) is 0 Å². The van der Waals surface area contributed by atoms with Gasteiger partial charge in [-0.25, -0.2) is 0 Å². The molecule has 0 fully saturated rings. The Balaban J connectivity index is 1.55. The summed E-state index contributed by atoms with van der Waals surface area (Å²) in [6, 6.07) is 7.90. The molecule has 25 heavy (non-hydrogen) atoms. The summed E-state index contributed by atoms with van der Waals surface area (Å²) in [5, 5.41) is 12.7. The second-order valence-corrected chi connectivity index (χ2v) is 8.63. The van der Waals surface area contributed by atoms with E-state index < -0.39 is 0 Å². The molecule has 0 bridgehead atoms. The summed E-state index contributed by atoms with van der Waals surface area (Å²) in [5.41, 5.74) is 2.16. The zero-order valence-electron chi connectivity index (χ0n) is 12.7. The number of hydrogen-bond acceptors (Lipinski definition) is 5. The summed E-state index contributed by atoms with van der Waals surface area (Å²) in [4.78, 5) is 24.8. The molecule has 1 aliphatic rings. The van der Waals surface area contributed by atoms with Gasteiger partial charge in [0.1, 0.15) is 0 Å². The molecule has 0 saturated heterocycles. The van der Waals surface area contributed by atoms with Crippen LogP contribution in [-0.2, 0) is 0 Å². The normalized spacial score (nSPS) is 13.7. The molecule has 0 N–H and O–H groups in total. The first kappa shape index (κ1) is 14.7. The topological polar surface area (TPSA) is 64.8 Å². The first-order valence-corrected chi connectivity index (χ1v) is 10.1. The van der Waals surface area contributed by atoms with Crippen molar-refractivity contribution < 1.29 is 9.59 Å². The van der Waals surface area contributed by atoms with E-state index in [0.717, 1.165) is 20.0 Å². The number of ketones is 2. The Morgan fingerprint density at radius 1 is 1.04 bits per heavy atom. The van der Waals surface area contributed by atoms with Crippen LogP contribution >= 0.6 is 11.3 Å². The van der Waals surface area contributed by atoms with Gasteiger partial charge in [-0.2, -0.15) is 0 Å². The fraction of sp³-hybridized carbons (Fsp3) is 0. The van der Waals surface area contributed by atoms with E-state index in [-0.39, 0.29) is 31.6 Å². The Bertz CT molecular complexity index is 1170. The maximum atomic E-state index is 12.4. The van der Waals surface area contributed by atoms with Gasteiger partial charge in [0, 0.05) is 0 Å². The summed E-state index contributed by atoms with van der Waals surface area (Å²) in [6.45, 7) is 0. The molecule has 0 radical (unpaired) electrons. The molecule has 4 aromatic heterocycles. The van der Waals surface area contributed by atoms with Gasteiger partial charge in [-0.05, 0) is 0 Å². The third kappa shape index (κ3) is 2.21. The predicted molar refractivity (Wildman–Crippen MR) is 96.8 cm³/mol. The number of hydrogen-bond donors (Lipinski definition) is 0. The van der Waals surface area contributed by atoms with Gasteiger partial charge < -0.3 is 0 Å². The number of allylic oxidation sites excluding steroid dienone is 1. The Morgan fingerprint density at radius 2 is 1.84 bits per heavy atom. The standard InChI is InChI=1S/C18H9N3O2SSe/c22-16-12(17(23)14-9-24-8-13(14)16)7-11-1-2-15(25-11)21-6-4-10-3-5-19-20-18(10)21/h1-9H. The van der Waals surface area contributed by atoms with Gasteiger partial charge in [-0.1, -0.05) is 0 Å². The number of rotatable bonds is 2. The molecule has 120 valence electrons. The molecule has 0 unspecified atom stereocenters. The molecule has 5 rings (SSSR count). The van der Waals surface area contributed by atoms with Crippen LogP contribution in [0.2, 0.25) is 0 Å². The van der Waals surface area contributed by atoms with E-state index >= 15 is 0 Å². The third-order valence-electron chi connectivity index (χ3n) is 4.14. The minimum absolute atomic E-state index is 0.00769. The fourth-order valence-electron chi connectivity index (χ4n) is 2.92. The number of Topliss-reactive ketones (excluding diaryl/α,β-unsaturated/α-hetero) is 2. The van der Waals surface area contributed by atoms with E-state index in [1.165, 1.54) is 11.3 Å². The fourth-order valence-corrected chi connectivity index (χ4v) is 5.69. The van der Waals surface area contributed by atoms with Crippen molar-refractivity contribution in [2.45, 2.75) is 0 Å². The van der Waals surface area contributed by atoms with Crippen LogP contribution in [0.5, 0.6) is 0 Å². The molecule has 0 aromatic carbocycles. The summed E-state index contributed by atoms with van der Waals surface area (Å²) >= 11 is 1.38. The zero-order chi connectivity index (χ0) is 17.0. The van der Waals surface area contributed by atoms with E-state index in [2.05, 4.69) is 10.2 Å². The van der Waals surface area contributed by atoms with Crippen molar-refractivity contribution in [1.82, 2.24) is 14.8 Å². The van der Waals surface area contributed by atoms with Gasteiger partial charge in [-0.3, -0.25) is 0 Å². The van der Waals surface area contributed by atoms with E-state index in [0.29, 0.717) is 11.1 Å². The second kappa shape index (κ2) is 5.46. The van der Waals surface area contributed by atoms with E-state index in [1.54, 1.807) is 23.0 Å².